The standard InChI is InChI=1S/C17H22N2O4/c1-3-10-23-14-6-4-13(5-7-14)11-18-16(22)19-9-8-17(2,12-19)15(20)21/h3-7H,1,8-12H2,2H3,(H,18,22)(H,20,21). The van der Waals surface area contributed by atoms with E-state index in [9.17, 15) is 14.7 Å². The summed E-state index contributed by atoms with van der Waals surface area (Å²) in [5.41, 5.74) is 0.103. The van der Waals surface area contributed by atoms with Crippen molar-refractivity contribution in [1.29, 1.82) is 0 Å². The zero-order valence-electron chi connectivity index (χ0n) is 13.2. The number of rotatable bonds is 6. The van der Waals surface area contributed by atoms with E-state index in [-0.39, 0.29) is 12.6 Å². The minimum absolute atomic E-state index is 0.234. The number of hydrogen-bond donors (Lipinski definition) is 2. The average Bonchev–Trinajstić information content (AvgIpc) is 2.95. The summed E-state index contributed by atoms with van der Waals surface area (Å²) in [4.78, 5) is 24.9. The summed E-state index contributed by atoms with van der Waals surface area (Å²) in [6.07, 6.45) is 2.15. The first-order chi connectivity index (χ1) is 10.9. The Balaban J connectivity index is 1.83. The summed E-state index contributed by atoms with van der Waals surface area (Å²) in [6, 6.07) is 7.20. The highest BCUT2D eigenvalue weighted by Gasteiger charge is 2.42. The van der Waals surface area contributed by atoms with Gasteiger partial charge in [0.25, 0.3) is 0 Å². The highest BCUT2D eigenvalue weighted by Crippen LogP contribution is 2.29. The van der Waals surface area contributed by atoms with Crippen LogP contribution < -0.4 is 10.1 Å². The van der Waals surface area contributed by atoms with Gasteiger partial charge in [0.05, 0.1) is 5.41 Å². The number of nitrogens with zero attached hydrogens (tertiary/aromatic N) is 1. The van der Waals surface area contributed by atoms with Crippen molar-refractivity contribution in [3.8, 4) is 5.75 Å². The average molecular weight is 318 g/mol. The minimum atomic E-state index is -0.858. The van der Waals surface area contributed by atoms with Crippen molar-refractivity contribution in [2.45, 2.75) is 19.9 Å². The van der Waals surface area contributed by atoms with Crippen LogP contribution in [0.1, 0.15) is 18.9 Å². The largest absolute Gasteiger partial charge is 0.490 e. The number of aliphatic carboxylic acids is 1. The van der Waals surface area contributed by atoms with Gasteiger partial charge in [0, 0.05) is 19.6 Å². The van der Waals surface area contributed by atoms with E-state index in [1.54, 1.807) is 17.9 Å². The Morgan fingerprint density at radius 3 is 2.70 bits per heavy atom. The van der Waals surface area contributed by atoms with Crippen LogP contribution in [0.3, 0.4) is 0 Å². The quantitative estimate of drug-likeness (QED) is 0.789. The fourth-order valence-electron chi connectivity index (χ4n) is 2.46. The van der Waals surface area contributed by atoms with Crippen LogP contribution >= 0.6 is 0 Å². The number of nitrogens with one attached hydrogen (secondary N) is 1. The Morgan fingerprint density at radius 2 is 2.13 bits per heavy atom. The van der Waals surface area contributed by atoms with E-state index in [4.69, 9.17) is 4.74 Å². The Kier molecular flexibility index (Phi) is 5.26. The van der Waals surface area contributed by atoms with Crippen LogP contribution in [0.4, 0.5) is 4.79 Å². The first-order valence-electron chi connectivity index (χ1n) is 7.53. The van der Waals surface area contributed by atoms with Gasteiger partial charge in [0.15, 0.2) is 0 Å². The van der Waals surface area contributed by atoms with Crippen molar-refractivity contribution in [2.75, 3.05) is 19.7 Å². The number of urea groups is 1. The van der Waals surface area contributed by atoms with Crippen molar-refractivity contribution in [1.82, 2.24) is 10.2 Å². The summed E-state index contributed by atoms with van der Waals surface area (Å²) in [5.74, 6) is -0.111. The molecule has 0 spiro atoms. The van der Waals surface area contributed by atoms with Gasteiger partial charge < -0.3 is 20.1 Å². The number of carboxylic acid groups (broad SMARTS) is 1. The molecule has 1 aliphatic rings. The number of amides is 2. The Hall–Kier alpha value is -2.50. The van der Waals surface area contributed by atoms with Crippen molar-refractivity contribution >= 4 is 12.0 Å². The van der Waals surface area contributed by atoms with E-state index in [0.29, 0.717) is 26.1 Å². The molecule has 1 saturated heterocycles. The van der Waals surface area contributed by atoms with E-state index >= 15 is 0 Å². The fourth-order valence-corrected chi connectivity index (χ4v) is 2.46. The number of likely N-dealkylation sites (tertiary alicyclic amines) is 1. The predicted octanol–water partition coefficient (Wildman–Crippen LogP) is 2.26. The van der Waals surface area contributed by atoms with Gasteiger partial charge in [0.1, 0.15) is 12.4 Å². The molecule has 0 saturated carbocycles. The monoisotopic (exact) mass is 318 g/mol. The van der Waals surface area contributed by atoms with Crippen LogP contribution in [0.5, 0.6) is 5.75 Å². The number of hydrogen-bond acceptors (Lipinski definition) is 3. The van der Waals surface area contributed by atoms with Gasteiger partial charge in [0.2, 0.25) is 0 Å². The molecule has 2 rings (SSSR count). The number of carbonyl (C=O) groups excluding carboxylic acids is 1. The van der Waals surface area contributed by atoms with Crippen LogP contribution in [0.2, 0.25) is 0 Å². The van der Waals surface area contributed by atoms with Gasteiger partial charge in [-0.1, -0.05) is 24.8 Å². The first-order valence-corrected chi connectivity index (χ1v) is 7.53. The zero-order valence-corrected chi connectivity index (χ0v) is 13.2. The zero-order chi connectivity index (χ0) is 16.9. The maximum atomic E-state index is 12.1. The molecule has 23 heavy (non-hydrogen) atoms. The molecule has 1 aromatic carbocycles. The summed E-state index contributed by atoms with van der Waals surface area (Å²) in [7, 11) is 0. The van der Waals surface area contributed by atoms with E-state index in [2.05, 4.69) is 11.9 Å². The predicted molar refractivity (Wildman–Crippen MR) is 86.3 cm³/mol. The van der Waals surface area contributed by atoms with Crippen molar-refractivity contribution in [3.05, 3.63) is 42.5 Å². The third-order valence-electron chi connectivity index (χ3n) is 4.01. The third-order valence-corrected chi connectivity index (χ3v) is 4.01. The molecule has 0 aromatic heterocycles. The van der Waals surface area contributed by atoms with Gasteiger partial charge in [-0.2, -0.15) is 0 Å². The second-order valence-electron chi connectivity index (χ2n) is 5.94. The lowest BCUT2D eigenvalue weighted by atomic mass is 9.90. The molecule has 6 heteroatoms. The van der Waals surface area contributed by atoms with E-state index in [1.807, 2.05) is 24.3 Å². The number of benzene rings is 1. The molecule has 0 aliphatic carbocycles. The van der Waals surface area contributed by atoms with Crippen LogP contribution in [0.25, 0.3) is 0 Å². The molecule has 1 unspecified atom stereocenters. The topological polar surface area (TPSA) is 78.9 Å². The number of carbonyl (C=O) groups is 2. The lowest BCUT2D eigenvalue weighted by Gasteiger charge is -2.20. The molecule has 1 heterocycles. The van der Waals surface area contributed by atoms with Gasteiger partial charge in [-0.25, -0.2) is 4.79 Å². The molecule has 0 bridgehead atoms. The molecule has 2 amide bonds. The normalized spacial score (nSPS) is 20.1. The first kappa shape index (κ1) is 16.9. The second-order valence-corrected chi connectivity index (χ2v) is 5.94. The maximum Gasteiger partial charge on any atom is 0.317 e. The van der Waals surface area contributed by atoms with E-state index < -0.39 is 11.4 Å². The van der Waals surface area contributed by atoms with Gasteiger partial charge in [-0.15, -0.1) is 0 Å². The molecule has 1 atom stereocenters. The Labute approximate surface area is 135 Å². The Bertz CT molecular complexity index is 585. The van der Waals surface area contributed by atoms with E-state index in [0.717, 1.165) is 11.3 Å². The van der Waals surface area contributed by atoms with Crippen LogP contribution in [-0.4, -0.2) is 41.7 Å². The third kappa shape index (κ3) is 4.25. The molecule has 6 nitrogen and oxygen atoms in total. The SMILES string of the molecule is C=CCOc1ccc(CNC(=O)N2CCC(C)(C(=O)O)C2)cc1. The summed E-state index contributed by atoms with van der Waals surface area (Å²) in [5, 5.41) is 12.0. The summed E-state index contributed by atoms with van der Waals surface area (Å²) in [6.45, 7) is 6.80. The number of carboxylic acids is 1. The number of ether oxygens (including phenoxy) is 1. The molecule has 1 aromatic rings. The molecule has 124 valence electrons. The van der Waals surface area contributed by atoms with Crippen molar-refractivity contribution in [3.63, 3.8) is 0 Å². The lowest BCUT2D eigenvalue weighted by molar-refractivity contribution is -0.147. The molecule has 2 N–H and O–H groups in total. The van der Waals surface area contributed by atoms with Crippen molar-refractivity contribution < 1.29 is 19.4 Å². The van der Waals surface area contributed by atoms with Gasteiger partial charge in [-0.3, -0.25) is 4.79 Å². The maximum absolute atomic E-state index is 12.1. The summed E-state index contributed by atoms with van der Waals surface area (Å²) >= 11 is 0. The van der Waals surface area contributed by atoms with Gasteiger partial charge in [-0.05, 0) is 31.0 Å². The van der Waals surface area contributed by atoms with Gasteiger partial charge >= 0.3 is 12.0 Å². The molecular formula is C17H22N2O4. The highest BCUT2D eigenvalue weighted by molar-refractivity contribution is 5.79. The van der Waals surface area contributed by atoms with Crippen molar-refractivity contribution in [2.24, 2.45) is 5.41 Å². The smallest absolute Gasteiger partial charge is 0.317 e. The lowest BCUT2D eigenvalue weighted by Crippen LogP contribution is -2.40. The molecule has 1 fully saturated rings. The molecule has 0 radical (unpaired) electrons. The van der Waals surface area contributed by atoms with Crippen LogP contribution in [0, 0.1) is 5.41 Å². The second kappa shape index (κ2) is 7.17. The van der Waals surface area contributed by atoms with Crippen LogP contribution in [0.15, 0.2) is 36.9 Å². The Morgan fingerprint density at radius 1 is 1.43 bits per heavy atom. The van der Waals surface area contributed by atoms with Crippen LogP contribution in [-0.2, 0) is 11.3 Å². The van der Waals surface area contributed by atoms with E-state index in [1.165, 1.54) is 0 Å². The minimum Gasteiger partial charge on any atom is -0.490 e. The molecular weight excluding hydrogens is 296 g/mol. The summed E-state index contributed by atoms with van der Waals surface area (Å²) < 4.78 is 5.39. The highest BCUT2D eigenvalue weighted by atomic mass is 16.5. The fraction of sp³-hybridized carbons (Fsp3) is 0.412. The molecule has 1 aliphatic heterocycles.